The molecule has 2 aromatic carbocycles. The fourth-order valence-corrected chi connectivity index (χ4v) is 2.55. The number of nitrogens with one attached hydrogen (secondary N) is 1. The number of aromatic nitrogens is 3. The van der Waals surface area contributed by atoms with Gasteiger partial charge in [-0.15, -0.1) is 5.10 Å². The van der Waals surface area contributed by atoms with Crippen LogP contribution >= 0.6 is 11.6 Å². The van der Waals surface area contributed by atoms with E-state index in [1.165, 1.54) is 16.6 Å². The summed E-state index contributed by atoms with van der Waals surface area (Å²) >= 11 is 5.84. The first-order chi connectivity index (χ1) is 12.5. The van der Waals surface area contributed by atoms with Crippen LogP contribution in [-0.4, -0.2) is 25.8 Å². The molecule has 1 heterocycles. The molecule has 2 N–H and O–H groups in total. The van der Waals surface area contributed by atoms with Crippen molar-refractivity contribution in [3.63, 3.8) is 0 Å². The molecular weight excluding hydrogens is 352 g/mol. The highest BCUT2D eigenvalue weighted by Crippen LogP contribution is 2.17. The third-order valence-electron chi connectivity index (χ3n) is 3.93. The van der Waals surface area contributed by atoms with Crippen LogP contribution in [0.25, 0.3) is 0 Å². The number of halogens is 1. The number of nitrogens with zero attached hydrogens (tertiary/aromatic N) is 3. The molecule has 0 aliphatic rings. The van der Waals surface area contributed by atoms with Gasteiger partial charge in [-0.3, -0.25) is 4.79 Å². The first-order valence-corrected chi connectivity index (χ1v) is 8.56. The molecule has 7 heteroatoms. The Morgan fingerprint density at radius 1 is 1.19 bits per heavy atom. The summed E-state index contributed by atoms with van der Waals surface area (Å²) in [5.41, 5.74) is 2.89. The molecule has 0 unspecified atom stereocenters. The number of benzene rings is 2. The topological polar surface area (TPSA) is 80.0 Å². The molecule has 134 valence electrons. The standard InChI is InChI=1S/C19H19ClN4O2/c1-13-2-4-14(5-3-13)10-21-19(26)18-22-12-24(23-18)11-17(25)15-6-8-16(20)9-7-15/h2-9,12,17,25H,10-11H2,1H3,(H,21,26)/t17-/m1/s1. The van der Waals surface area contributed by atoms with Gasteiger partial charge in [0.1, 0.15) is 6.33 Å². The van der Waals surface area contributed by atoms with Crippen LogP contribution in [0.1, 0.15) is 33.4 Å². The van der Waals surface area contributed by atoms with Crippen LogP contribution in [0.3, 0.4) is 0 Å². The Kier molecular flexibility index (Phi) is 5.65. The van der Waals surface area contributed by atoms with Gasteiger partial charge in [-0.1, -0.05) is 53.6 Å². The molecule has 0 aliphatic carbocycles. The molecule has 0 fully saturated rings. The van der Waals surface area contributed by atoms with Gasteiger partial charge >= 0.3 is 0 Å². The van der Waals surface area contributed by atoms with Gasteiger partial charge in [0.05, 0.1) is 12.6 Å². The first-order valence-electron chi connectivity index (χ1n) is 8.18. The number of amides is 1. The van der Waals surface area contributed by atoms with Gasteiger partial charge < -0.3 is 10.4 Å². The molecule has 0 bridgehead atoms. The number of aliphatic hydroxyl groups excluding tert-OH is 1. The lowest BCUT2D eigenvalue weighted by Gasteiger charge is -2.10. The molecule has 26 heavy (non-hydrogen) atoms. The minimum Gasteiger partial charge on any atom is -0.386 e. The average molecular weight is 371 g/mol. The molecule has 0 aliphatic heterocycles. The van der Waals surface area contributed by atoms with Crippen LogP contribution in [0.15, 0.2) is 54.9 Å². The Bertz CT molecular complexity index is 875. The van der Waals surface area contributed by atoms with E-state index in [0.717, 1.165) is 11.1 Å². The first kappa shape index (κ1) is 18.1. The van der Waals surface area contributed by atoms with Gasteiger partial charge in [0, 0.05) is 11.6 Å². The van der Waals surface area contributed by atoms with E-state index in [2.05, 4.69) is 15.4 Å². The highest BCUT2D eigenvalue weighted by Gasteiger charge is 2.14. The van der Waals surface area contributed by atoms with Gasteiger partial charge in [0.15, 0.2) is 0 Å². The second-order valence-electron chi connectivity index (χ2n) is 6.03. The fraction of sp³-hybridized carbons (Fsp3) is 0.211. The SMILES string of the molecule is Cc1ccc(CNC(=O)c2ncn(C[C@@H](O)c3ccc(Cl)cc3)n2)cc1. The van der Waals surface area contributed by atoms with Crippen molar-refractivity contribution >= 4 is 17.5 Å². The number of aryl methyl sites for hydroxylation is 1. The van der Waals surface area contributed by atoms with E-state index in [1.807, 2.05) is 31.2 Å². The van der Waals surface area contributed by atoms with E-state index in [4.69, 9.17) is 11.6 Å². The highest BCUT2D eigenvalue weighted by molar-refractivity contribution is 6.30. The van der Waals surface area contributed by atoms with Crippen molar-refractivity contribution < 1.29 is 9.90 Å². The predicted octanol–water partition coefficient (Wildman–Crippen LogP) is 2.90. The van der Waals surface area contributed by atoms with Crippen LogP contribution in [0.2, 0.25) is 5.02 Å². The van der Waals surface area contributed by atoms with Crippen LogP contribution < -0.4 is 5.32 Å². The van der Waals surface area contributed by atoms with E-state index in [9.17, 15) is 9.90 Å². The largest absolute Gasteiger partial charge is 0.386 e. The molecule has 1 atom stereocenters. The maximum Gasteiger partial charge on any atom is 0.291 e. The van der Waals surface area contributed by atoms with Crippen LogP contribution in [-0.2, 0) is 13.1 Å². The Hall–Kier alpha value is -2.70. The van der Waals surface area contributed by atoms with E-state index in [0.29, 0.717) is 11.6 Å². The summed E-state index contributed by atoms with van der Waals surface area (Å²) in [6, 6.07) is 14.8. The maximum absolute atomic E-state index is 12.2. The van der Waals surface area contributed by atoms with Crippen LogP contribution in [0.4, 0.5) is 0 Å². The lowest BCUT2D eigenvalue weighted by atomic mass is 10.1. The van der Waals surface area contributed by atoms with Crippen molar-refractivity contribution in [2.45, 2.75) is 26.1 Å². The molecule has 0 saturated carbocycles. The molecule has 1 amide bonds. The molecule has 0 spiro atoms. The summed E-state index contributed by atoms with van der Waals surface area (Å²) in [4.78, 5) is 16.2. The number of carbonyl (C=O) groups is 1. The summed E-state index contributed by atoms with van der Waals surface area (Å²) in [5.74, 6) is -0.286. The number of rotatable bonds is 6. The third kappa shape index (κ3) is 4.68. The van der Waals surface area contributed by atoms with Gasteiger partial charge in [0.2, 0.25) is 5.82 Å². The fourth-order valence-electron chi connectivity index (χ4n) is 2.42. The maximum atomic E-state index is 12.2. The molecule has 0 radical (unpaired) electrons. The molecule has 0 saturated heterocycles. The zero-order valence-corrected chi connectivity index (χ0v) is 15.0. The van der Waals surface area contributed by atoms with Gasteiger partial charge in [-0.05, 0) is 30.2 Å². The predicted molar refractivity (Wildman–Crippen MR) is 98.8 cm³/mol. The molecule has 3 aromatic rings. The summed E-state index contributed by atoms with van der Waals surface area (Å²) in [7, 11) is 0. The van der Waals surface area contributed by atoms with Gasteiger partial charge in [-0.2, -0.15) is 0 Å². The zero-order chi connectivity index (χ0) is 18.5. The van der Waals surface area contributed by atoms with Crippen molar-refractivity contribution in [1.82, 2.24) is 20.1 Å². The Labute approximate surface area is 156 Å². The van der Waals surface area contributed by atoms with Crippen molar-refractivity contribution in [3.05, 3.63) is 82.4 Å². The van der Waals surface area contributed by atoms with Crippen molar-refractivity contribution in [2.24, 2.45) is 0 Å². The minimum absolute atomic E-state index is 0.0698. The van der Waals surface area contributed by atoms with E-state index in [1.54, 1.807) is 24.3 Å². The monoisotopic (exact) mass is 370 g/mol. The molecular formula is C19H19ClN4O2. The highest BCUT2D eigenvalue weighted by atomic mass is 35.5. The summed E-state index contributed by atoms with van der Waals surface area (Å²) in [6.45, 7) is 2.61. The Morgan fingerprint density at radius 3 is 2.58 bits per heavy atom. The molecule has 3 rings (SSSR count). The number of hydrogen-bond acceptors (Lipinski definition) is 4. The van der Waals surface area contributed by atoms with E-state index >= 15 is 0 Å². The van der Waals surface area contributed by atoms with Crippen LogP contribution in [0.5, 0.6) is 0 Å². The second-order valence-corrected chi connectivity index (χ2v) is 6.46. The minimum atomic E-state index is -0.766. The lowest BCUT2D eigenvalue weighted by molar-refractivity contribution is 0.0938. The van der Waals surface area contributed by atoms with Crippen molar-refractivity contribution in [1.29, 1.82) is 0 Å². The van der Waals surface area contributed by atoms with Crippen molar-refractivity contribution in [2.75, 3.05) is 0 Å². The number of carbonyl (C=O) groups excluding carboxylic acids is 1. The van der Waals surface area contributed by atoms with Gasteiger partial charge in [0.25, 0.3) is 5.91 Å². The van der Waals surface area contributed by atoms with E-state index < -0.39 is 6.10 Å². The molecule has 1 aromatic heterocycles. The van der Waals surface area contributed by atoms with Crippen molar-refractivity contribution in [3.8, 4) is 0 Å². The normalized spacial score (nSPS) is 12.0. The quantitative estimate of drug-likeness (QED) is 0.699. The second kappa shape index (κ2) is 8.12. The average Bonchev–Trinajstić information content (AvgIpc) is 3.10. The van der Waals surface area contributed by atoms with E-state index in [-0.39, 0.29) is 18.3 Å². The summed E-state index contributed by atoms with van der Waals surface area (Å²) < 4.78 is 1.44. The Morgan fingerprint density at radius 2 is 1.88 bits per heavy atom. The third-order valence-corrected chi connectivity index (χ3v) is 4.18. The molecule has 6 nitrogen and oxygen atoms in total. The number of aliphatic hydroxyl groups is 1. The Balaban J connectivity index is 1.57. The van der Waals surface area contributed by atoms with Crippen LogP contribution in [0, 0.1) is 6.92 Å². The zero-order valence-electron chi connectivity index (χ0n) is 14.3. The summed E-state index contributed by atoms with van der Waals surface area (Å²) in [6.07, 6.45) is 0.664. The smallest absolute Gasteiger partial charge is 0.291 e. The summed E-state index contributed by atoms with van der Waals surface area (Å²) in [5, 5.41) is 17.8. The van der Waals surface area contributed by atoms with Gasteiger partial charge in [-0.25, -0.2) is 9.67 Å². The number of hydrogen-bond donors (Lipinski definition) is 2. The lowest BCUT2D eigenvalue weighted by Crippen LogP contribution is -2.24.